The van der Waals surface area contributed by atoms with Gasteiger partial charge in [-0.3, -0.25) is 14.9 Å². The van der Waals surface area contributed by atoms with Gasteiger partial charge in [0.05, 0.1) is 18.5 Å². The zero-order valence-corrected chi connectivity index (χ0v) is 18.4. The smallest absolute Gasteiger partial charge is 0.409 e. The van der Waals surface area contributed by atoms with E-state index in [2.05, 4.69) is 24.8 Å². The summed E-state index contributed by atoms with van der Waals surface area (Å²) in [6.07, 6.45) is 7.09. The highest BCUT2D eigenvalue weighted by Crippen LogP contribution is 2.49. The number of piperazine rings is 1. The highest BCUT2D eigenvalue weighted by molar-refractivity contribution is 5.72. The predicted molar refractivity (Wildman–Crippen MR) is 118 cm³/mol. The highest BCUT2D eigenvalue weighted by Gasteiger charge is 2.57. The number of amides is 1. The van der Waals surface area contributed by atoms with Gasteiger partial charge >= 0.3 is 6.09 Å². The molecule has 5 rings (SSSR count). The summed E-state index contributed by atoms with van der Waals surface area (Å²) in [6, 6.07) is 4.17. The number of carbonyl (C=O) groups excluding carboxylic acids is 1. The van der Waals surface area contributed by atoms with Gasteiger partial charge in [0.2, 0.25) is 0 Å². The highest BCUT2D eigenvalue weighted by atomic mass is 19.1. The normalized spacial score (nSPS) is 25.1. The van der Waals surface area contributed by atoms with Crippen molar-refractivity contribution in [3.63, 3.8) is 0 Å². The van der Waals surface area contributed by atoms with Gasteiger partial charge in [0, 0.05) is 74.9 Å². The third kappa shape index (κ3) is 3.79. The Labute approximate surface area is 187 Å². The average Bonchev–Trinajstić information content (AvgIpc) is 3.16. The van der Waals surface area contributed by atoms with E-state index in [4.69, 9.17) is 4.74 Å². The Hall–Kier alpha value is -2.81. The van der Waals surface area contributed by atoms with Gasteiger partial charge < -0.3 is 14.5 Å². The van der Waals surface area contributed by atoms with Crippen molar-refractivity contribution in [3.05, 3.63) is 36.9 Å². The van der Waals surface area contributed by atoms with Crippen molar-refractivity contribution in [1.29, 1.82) is 0 Å². The number of carbonyl (C=O) groups is 1. The summed E-state index contributed by atoms with van der Waals surface area (Å²) >= 11 is 0. The largest absolute Gasteiger partial charge is 0.450 e. The van der Waals surface area contributed by atoms with Crippen molar-refractivity contribution in [2.45, 2.75) is 32.0 Å². The van der Waals surface area contributed by atoms with Crippen LogP contribution in [0.5, 0.6) is 0 Å². The molecular weight excluding hydrogens is 411 g/mol. The maximum absolute atomic E-state index is 15.0. The Morgan fingerprint density at radius 2 is 2.00 bits per heavy atom. The van der Waals surface area contributed by atoms with E-state index in [-0.39, 0.29) is 12.1 Å². The van der Waals surface area contributed by atoms with Crippen LogP contribution in [-0.2, 0) is 4.74 Å². The maximum Gasteiger partial charge on any atom is 0.409 e. The molecule has 2 aromatic rings. The molecule has 0 bridgehead atoms. The molecule has 3 aliphatic rings. The first-order chi connectivity index (χ1) is 15.6. The van der Waals surface area contributed by atoms with Crippen LogP contribution in [0.4, 0.5) is 15.0 Å². The minimum atomic E-state index is -0.866. The fraction of sp³-hybridized carbons (Fsp3) is 0.565. The molecule has 32 heavy (non-hydrogen) atoms. The van der Waals surface area contributed by atoms with E-state index in [0.29, 0.717) is 26.1 Å². The molecule has 2 aliphatic heterocycles. The van der Waals surface area contributed by atoms with Gasteiger partial charge in [-0.05, 0) is 31.9 Å². The minimum Gasteiger partial charge on any atom is -0.450 e. The van der Waals surface area contributed by atoms with Gasteiger partial charge in [-0.25, -0.2) is 14.2 Å². The Balaban J connectivity index is 1.20. The van der Waals surface area contributed by atoms with Gasteiger partial charge in [-0.2, -0.15) is 0 Å². The molecule has 2 atom stereocenters. The quantitative estimate of drug-likeness (QED) is 0.724. The van der Waals surface area contributed by atoms with Gasteiger partial charge in [0.15, 0.2) is 0 Å². The van der Waals surface area contributed by atoms with Crippen LogP contribution in [0.25, 0.3) is 11.3 Å². The number of hydrogen-bond donors (Lipinski definition) is 0. The lowest BCUT2D eigenvalue weighted by atomic mass is 9.77. The number of alkyl halides is 1. The first kappa shape index (κ1) is 21.1. The topological polar surface area (TPSA) is 74.7 Å². The standard InChI is InChI=1S/C23H29FN6O2/c1-2-32-22(31)30-15-23(16-30)13-17(12-20(23)24)28-8-10-29(11-9-28)21-18(4-3-5-27-21)19-14-25-6-7-26-19/h3-7,14,17,20H,2,8-13,15-16H2,1H3/t17-,20-/m0/s1. The number of nitrogens with zero attached hydrogens (tertiary/aromatic N) is 6. The van der Waals surface area contributed by atoms with Crippen LogP contribution in [0, 0.1) is 5.41 Å². The number of aromatic nitrogens is 3. The van der Waals surface area contributed by atoms with Crippen LogP contribution in [0.15, 0.2) is 36.9 Å². The minimum absolute atomic E-state index is 0.222. The van der Waals surface area contributed by atoms with Crippen molar-refractivity contribution in [2.24, 2.45) is 5.41 Å². The second kappa shape index (κ2) is 8.61. The number of likely N-dealkylation sites (tertiary alicyclic amines) is 1. The van der Waals surface area contributed by atoms with E-state index in [9.17, 15) is 9.18 Å². The molecule has 4 heterocycles. The fourth-order valence-electron chi connectivity index (χ4n) is 5.42. The Morgan fingerprint density at radius 3 is 2.72 bits per heavy atom. The molecule has 1 spiro atoms. The predicted octanol–water partition coefficient (Wildman–Crippen LogP) is 2.62. The molecule has 0 N–H and O–H groups in total. The van der Waals surface area contributed by atoms with Crippen molar-refractivity contribution >= 4 is 11.9 Å². The molecule has 0 unspecified atom stereocenters. The van der Waals surface area contributed by atoms with Crippen LogP contribution in [-0.4, -0.2) is 88.9 Å². The van der Waals surface area contributed by atoms with Crippen molar-refractivity contribution in [1.82, 2.24) is 24.8 Å². The number of anilines is 1. The second-order valence-corrected chi connectivity index (χ2v) is 8.97. The van der Waals surface area contributed by atoms with Crippen molar-refractivity contribution in [2.75, 3.05) is 50.8 Å². The van der Waals surface area contributed by atoms with Crippen LogP contribution in [0.2, 0.25) is 0 Å². The first-order valence-electron chi connectivity index (χ1n) is 11.4. The molecule has 2 aromatic heterocycles. The molecule has 1 amide bonds. The van der Waals surface area contributed by atoms with E-state index >= 15 is 0 Å². The summed E-state index contributed by atoms with van der Waals surface area (Å²) in [5, 5.41) is 0. The van der Waals surface area contributed by atoms with Crippen LogP contribution in [0.3, 0.4) is 0 Å². The van der Waals surface area contributed by atoms with E-state index in [0.717, 1.165) is 49.7 Å². The molecule has 9 heteroatoms. The third-order valence-electron chi connectivity index (χ3n) is 7.08. The zero-order valence-electron chi connectivity index (χ0n) is 18.4. The number of hydrogen-bond acceptors (Lipinski definition) is 7. The van der Waals surface area contributed by atoms with Crippen LogP contribution in [0.1, 0.15) is 19.8 Å². The van der Waals surface area contributed by atoms with Gasteiger partial charge in [0.1, 0.15) is 12.0 Å². The monoisotopic (exact) mass is 440 g/mol. The summed E-state index contributed by atoms with van der Waals surface area (Å²) in [5.74, 6) is 0.919. The van der Waals surface area contributed by atoms with Crippen LogP contribution < -0.4 is 4.90 Å². The summed E-state index contributed by atoms with van der Waals surface area (Å²) < 4.78 is 20.1. The van der Waals surface area contributed by atoms with Gasteiger partial charge in [-0.1, -0.05) is 0 Å². The maximum atomic E-state index is 15.0. The third-order valence-corrected chi connectivity index (χ3v) is 7.08. The van der Waals surface area contributed by atoms with Crippen molar-refractivity contribution in [3.8, 4) is 11.3 Å². The van der Waals surface area contributed by atoms with Gasteiger partial charge in [-0.15, -0.1) is 0 Å². The fourth-order valence-corrected chi connectivity index (χ4v) is 5.42. The molecule has 0 radical (unpaired) electrons. The van der Waals surface area contributed by atoms with E-state index < -0.39 is 11.6 Å². The van der Waals surface area contributed by atoms with E-state index in [1.165, 1.54) is 0 Å². The summed E-state index contributed by atoms with van der Waals surface area (Å²) in [6.45, 7) is 6.48. The molecule has 3 fully saturated rings. The lowest BCUT2D eigenvalue weighted by molar-refractivity contribution is -0.0378. The Kier molecular flexibility index (Phi) is 5.67. The second-order valence-electron chi connectivity index (χ2n) is 8.97. The lowest BCUT2D eigenvalue weighted by Crippen LogP contribution is -2.61. The number of rotatable bonds is 4. The number of halogens is 1. The summed E-state index contributed by atoms with van der Waals surface area (Å²) in [5.41, 5.74) is 1.40. The van der Waals surface area contributed by atoms with E-state index in [1.54, 1.807) is 30.4 Å². The number of pyridine rings is 1. The average molecular weight is 441 g/mol. The molecule has 2 saturated heterocycles. The zero-order chi connectivity index (χ0) is 22.1. The SMILES string of the molecule is CCOC(=O)N1CC2(C[C@@H](N3CCN(c4ncccc4-c4cnccn4)CC3)C[C@@H]2F)C1. The number of ether oxygens (including phenoxy) is 1. The molecule has 8 nitrogen and oxygen atoms in total. The summed E-state index contributed by atoms with van der Waals surface area (Å²) in [7, 11) is 0. The van der Waals surface area contributed by atoms with Gasteiger partial charge in [0.25, 0.3) is 0 Å². The molecule has 0 aromatic carbocycles. The lowest BCUT2D eigenvalue weighted by Gasteiger charge is -2.48. The first-order valence-corrected chi connectivity index (χ1v) is 11.4. The molecular formula is C23H29FN6O2. The van der Waals surface area contributed by atoms with Crippen LogP contribution >= 0.6 is 0 Å². The van der Waals surface area contributed by atoms with Crippen molar-refractivity contribution < 1.29 is 13.9 Å². The summed E-state index contributed by atoms with van der Waals surface area (Å²) in [4.78, 5) is 31.5. The molecule has 170 valence electrons. The Morgan fingerprint density at radius 1 is 1.19 bits per heavy atom. The van der Waals surface area contributed by atoms with E-state index in [1.807, 2.05) is 18.3 Å². The Bertz CT molecular complexity index is 947. The molecule has 1 saturated carbocycles. The molecule has 1 aliphatic carbocycles.